The minimum atomic E-state index is -1.09. The van der Waals surface area contributed by atoms with Crippen molar-refractivity contribution in [3.8, 4) is 16.9 Å². The number of nitrogens with zero attached hydrogens (tertiary/aromatic N) is 1. The third kappa shape index (κ3) is 6.80. The molecule has 0 fully saturated rings. The van der Waals surface area contributed by atoms with E-state index in [1.807, 2.05) is 6.92 Å². The van der Waals surface area contributed by atoms with Crippen LogP contribution < -0.4 is 10.1 Å². The van der Waals surface area contributed by atoms with Gasteiger partial charge in [0.05, 0.1) is 33.9 Å². The first-order valence-corrected chi connectivity index (χ1v) is 10.3. The van der Waals surface area contributed by atoms with E-state index in [0.717, 1.165) is 32.1 Å². The smallest absolute Gasteiger partial charge is 0.335 e. The van der Waals surface area contributed by atoms with Crippen LogP contribution in [0.2, 0.25) is 0 Å². The maximum absolute atomic E-state index is 11.8. The first-order valence-electron chi connectivity index (χ1n) is 10.3. The van der Waals surface area contributed by atoms with Crippen LogP contribution in [0.25, 0.3) is 11.1 Å². The molecule has 0 heterocycles. The van der Waals surface area contributed by atoms with E-state index in [1.165, 1.54) is 43.3 Å². The molecule has 8 nitrogen and oxygen atoms in total. The second-order valence-electron chi connectivity index (χ2n) is 7.46. The van der Waals surface area contributed by atoms with E-state index in [-0.39, 0.29) is 34.6 Å². The van der Waals surface area contributed by atoms with E-state index in [1.54, 1.807) is 0 Å². The molecule has 0 aromatic heterocycles. The molecule has 0 unspecified atom stereocenters. The van der Waals surface area contributed by atoms with Crippen LogP contribution in [0.1, 0.15) is 63.2 Å². The lowest BCUT2D eigenvalue weighted by atomic mass is 10.0. The number of carboxylic acids is 1. The first kappa shape index (κ1) is 23.9. The number of hydrogen-bond acceptors (Lipinski definition) is 5. The van der Waals surface area contributed by atoms with Gasteiger partial charge in [-0.1, -0.05) is 38.3 Å². The lowest BCUT2D eigenvalue weighted by Gasteiger charge is -2.19. The number of amides is 1. The zero-order valence-corrected chi connectivity index (χ0v) is 18.0. The zero-order chi connectivity index (χ0) is 23.0. The van der Waals surface area contributed by atoms with Crippen LogP contribution in [0.15, 0.2) is 36.4 Å². The normalized spacial score (nSPS) is 11.6. The van der Waals surface area contributed by atoms with Gasteiger partial charge < -0.3 is 15.2 Å². The van der Waals surface area contributed by atoms with Crippen LogP contribution >= 0.6 is 0 Å². The average Bonchev–Trinajstić information content (AvgIpc) is 2.71. The van der Waals surface area contributed by atoms with Gasteiger partial charge >= 0.3 is 5.97 Å². The molecule has 0 bridgehead atoms. The highest BCUT2D eigenvalue weighted by atomic mass is 16.6. The lowest BCUT2D eigenvalue weighted by Crippen LogP contribution is -2.15. The minimum absolute atomic E-state index is 0.0744. The Morgan fingerprint density at radius 1 is 1.16 bits per heavy atom. The summed E-state index contributed by atoms with van der Waals surface area (Å²) in [7, 11) is 0. The number of nitrogens with one attached hydrogen (secondary N) is 1. The van der Waals surface area contributed by atoms with Crippen molar-refractivity contribution in [1.82, 2.24) is 0 Å². The van der Waals surface area contributed by atoms with Crippen LogP contribution in [0.4, 0.5) is 11.4 Å². The number of carboxylic acid groups (broad SMARTS) is 1. The molecule has 0 aliphatic rings. The molecule has 0 aliphatic carbocycles. The summed E-state index contributed by atoms with van der Waals surface area (Å²) < 4.78 is 5.96. The van der Waals surface area contributed by atoms with Crippen molar-refractivity contribution in [3.63, 3.8) is 0 Å². The molecule has 0 aliphatic heterocycles. The lowest BCUT2D eigenvalue weighted by molar-refractivity contribution is -0.384. The Hall–Kier alpha value is -3.42. The maximum Gasteiger partial charge on any atom is 0.335 e. The summed E-state index contributed by atoms with van der Waals surface area (Å²) in [5.74, 6) is -1.19. The number of benzene rings is 2. The highest BCUT2D eigenvalue weighted by molar-refractivity contribution is 5.93. The average molecular weight is 428 g/mol. The SMILES string of the molecule is CCCCCC[C@@H](C)Oc1cc([N+](=O)[O-])c(-c2ccc(C(=O)O)cc2)cc1NC(C)=O. The predicted octanol–water partition coefficient (Wildman–Crippen LogP) is 5.66. The Bertz CT molecular complexity index is 940. The summed E-state index contributed by atoms with van der Waals surface area (Å²) in [5, 5.41) is 23.5. The Balaban J connectivity index is 2.42. The van der Waals surface area contributed by atoms with Crippen molar-refractivity contribution in [3.05, 3.63) is 52.1 Å². The molecule has 0 saturated carbocycles. The number of hydrogen-bond donors (Lipinski definition) is 2. The summed E-state index contributed by atoms with van der Waals surface area (Å²) in [6, 6.07) is 8.56. The van der Waals surface area contributed by atoms with E-state index in [0.29, 0.717) is 11.3 Å². The quantitative estimate of drug-likeness (QED) is 0.271. The molecule has 1 amide bonds. The standard InChI is InChI=1S/C23H28N2O6/c1-4-5-6-7-8-15(2)31-22-14-21(25(29)30)19(13-20(22)24-16(3)26)17-9-11-18(12-10-17)23(27)28/h9-15H,4-8H2,1-3H3,(H,24,26)(H,27,28)/t15-/m1/s1. The van der Waals surface area contributed by atoms with Crippen LogP contribution in [-0.2, 0) is 4.79 Å². The van der Waals surface area contributed by atoms with Gasteiger partial charge in [-0.2, -0.15) is 0 Å². The molecule has 2 aromatic rings. The highest BCUT2D eigenvalue weighted by Crippen LogP contribution is 2.39. The molecule has 0 spiro atoms. The number of ether oxygens (including phenoxy) is 1. The summed E-state index contributed by atoms with van der Waals surface area (Å²) in [5.41, 5.74) is 0.933. The minimum Gasteiger partial charge on any atom is -0.488 e. The first-order chi connectivity index (χ1) is 14.7. The molecule has 166 valence electrons. The molecular formula is C23H28N2O6. The van der Waals surface area contributed by atoms with Gasteiger partial charge in [0.25, 0.3) is 5.69 Å². The molecule has 2 rings (SSSR count). The van der Waals surface area contributed by atoms with E-state index >= 15 is 0 Å². The van der Waals surface area contributed by atoms with E-state index in [2.05, 4.69) is 12.2 Å². The van der Waals surface area contributed by atoms with Crippen molar-refractivity contribution < 1.29 is 24.4 Å². The van der Waals surface area contributed by atoms with E-state index < -0.39 is 10.9 Å². The Labute approximate surface area is 181 Å². The Morgan fingerprint density at radius 2 is 1.84 bits per heavy atom. The number of aromatic carboxylic acids is 1. The number of carbonyl (C=O) groups excluding carboxylic acids is 1. The third-order valence-electron chi connectivity index (χ3n) is 4.84. The Kier molecular flexibility index (Phi) is 8.54. The fourth-order valence-electron chi connectivity index (χ4n) is 3.26. The topological polar surface area (TPSA) is 119 Å². The molecule has 8 heteroatoms. The van der Waals surface area contributed by atoms with Crippen molar-refractivity contribution >= 4 is 23.3 Å². The van der Waals surface area contributed by atoms with Crippen molar-refractivity contribution in [2.75, 3.05) is 5.32 Å². The van der Waals surface area contributed by atoms with Gasteiger partial charge in [-0.3, -0.25) is 14.9 Å². The van der Waals surface area contributed by atoms with Crippen molar-refractivity contribution in [1.29, 1.82) is 0 Å². The molecule has 2 N–H and O–H groups in total. The molecular weight excluding hydrogens is 400 g/mol. The fraction of sp³-hybridized carbons (Fsp3) is 0.391. The van der Waals surface area contributed by atoms with Crippen LogP contribution in [0.5, 0.6) is 5.75 Å². The maximum atomic E-state index is 11.8. The summed E-state index contributed by atoms with van der Waals surface area (Å²) in [4.78, 5) is 34.0. The van der Waals surface area contributed by atoms with Crippen LogP contribution in [0.3, 0.4) is 0 Å². The fourth-order valence-corrected chi connectivity index (χ4v) is 3.26. The van der Waals surface area contributed by atoms with E-state index in [9.17, 15) is 19.7 Å². The summed E-state index contributed by atoms with van der Waals surface area (Å²) >= 11 is 0. The Morgan fingerprint density at radius 3 is 2.39 bits per heavy atom. The number of nitro groups is 1. The molecule has 0 radical (unpaired) electrons. The largest absolute Gasteiger partial charge is 0.488 e. The second-order valence-corrected chi connectivity index (χ2v) is 7.46. The van der Waals surface area contributed by atoms with Gasteiger partial charge in [0.1, 0.15) is 5.75 Å². The van der Waals surface area contributed by atoms with Crippen LogP contribution in [0, 0.1) is 10.1 Å². The molecule has 2 aromatic carbocycles. The monoisotopic (exact) mass is 428 g/mol. The number of carbonyl (C=O) groups is 2. The molecule has 31 heavy (non-hydrogen) atoms. The van der Waals surface area contributed by atoms with Crippen molar-refractivity contribution in [2.45, 2.75) is 59.0 Å². The van der Waals surface area contributed by atoms with Gasteiger partial charge in [0.15, 0.2) is 0 Å². The van der Waals surface area contributed by atoms with Crippen molar-refractivity contribution in [2.24, 2.45) is 0 Å². The third-order valence-corrected chi connectivity index (χ3v) is 4.84. The summed E-state index contributed by atoms with van der Waals surface area (Å²) in [6.07, 6.45) is 4.97. The van der Waals surface area contributed by atoms with E-state index in [4.69, 9.17) is 9.84 Å². The van der Waals surface area contributed by atoms with Gasteiger partial charge in [0, 0.05) is 6.92 Å². The highest BCUT2D eigenvalue weighted by Gasteiger charge is 2.22. The number of anilines is 1. The van der Waals surface area contributed by atoms with Crippen LogP contribution in [-0.4, -0.2) is 28.0 Å². The van der Waals surface area contributed by atoms with Gasteiger partial charge in [0.2, 0.25) is 5.91 Å². The number of nitro benzene ring substituents is 1. The summed E-state index contributed by atoms with van der Waals surface area (Å²) in [6.45, 7) is 5.38. The molecule has 1 atom stereocenters. The number of unbranched alkanes of at least 4 members (excludes halogenated alkanes) is 3. The second kappa shape index (κ2) is 11.1. The van der Waals surface area contributed by atoms with Gasteiger partial charge in [-0.25, -0.2) is 4.79 Å². The predicted molar refractivity (Wildman–Crippen MR) is 119 cm³/mol. The van der Waals surface area contributed by atoms with Gasteiger partial charge in [-0.15, -0.1) is 0 Å². The zero-order valence-electron chi connectivity index (χ0n) is 18.0. The number of rotatable bonds is 11. The molecule has 0 saturated heterocycles. The van der Waals surface area contributed by atoms with Gasteiger partial charge in [-0.05, 0) is 43.5 Å².